The molecule has 1 aliphatic heterocycles. The van der Waals surface area contributed by atoms with E-state index in [0.717, 1.165) is 0 Å². The minimum Gasteiger partial charge on any atom is -0.311 e. The van der Waals surface area contributed by atoms with Crippen molar-refractivity contribution in [3.8, 4) is 0 Å². The van der Waals surface area contributed by atoms with Gasteiger partial charge in [0.15, 0.2) is 0 Å². The van der Waals surface area contributed by atoms with E-state index in [9.17, 15) is 0 Å². The molecule has 0 aromatic heterocycles. The average Bonchev–Trinajstić information content (AvgIpc) is 2.66. The van der Waals surface area contributed by atoms with Crippen molar-refractivity contribution < 1.29 is 0 Å². The van der Waals surface area contributed by atoms with E-state index in [1.54, 1.807) is 0 Å². The number of nitrogens with one attached hydrogen (secondary N) is 1. The fourth-order valence-corrected chi connectivity index (χ4v) is 3.17. The van der Waals surface area contributed by atoms with Gasteiger partial charge in [0.25, 0.3) is 0 Å². The van der Waals surface area contributed by atoms with Crippen LogP contribution in [0.5, 0.6) is 0 Å². The van der Waals surface area contributed by atoms with Crippen molar-refractivity contribution in [2.75, 3.05) is 6.54 Å². The minimum absolute atomic E-state index is 0.436. The molecule has 18 heavy (non-hydrogen) atoms. The van der Waals surface area contributed by atoms with Gasteiger partial charge in [0.1, 0.15) is 0 Å². The van der Waals surface area contributed by atoms with Gasteiger partial charge in [-0.2, -0.15) is 0 Å². The van der Waals surface area contributed by atoms with Gasteiger partial charge in [0.2, 0.25) is 0 Å². The highest BCUT2D eigenvalue weighted by atomic mass is 15.0. The lowest BCUT2D eigenvalue weighted by Crippen LogP contribution is -2.44. The molecule has 0 aliphatic carbocycles. The Balaban J connectivity index is 1.83. The maximum Gasteiger partial charge on any atom is 0.0179 e. The molecule has 1 aliphatic rings. The first kappa shape index (κ1) is 13.6. The van der Waals surface area contributed by atoms with Gasteiger partial charge >= 0.3 is 0 Å². The summed E-state index contributed by atoms with van der Waals surface area (Å²) >= 11 is 0. The van der Waals surface area contributed by atoms with E-state index < -0.39 is 0 Å². The van der Waals surface area contributed by atoms with Crippen molar-refractivity contribution in [1.82, 2.24) is 5.32 Å². The predicted molar refractivity (Wildman–Crippen MR) is 78.9 cm³/mol. The van der Waals surface area contributed by atoms with Crippen LogP contribution in [0.3, 0.4) is 0 Å². The molecule has 1 heteroatoms. The number of aryl methyl sites for hydroxylation is 1. The number of hydrogen-bond donors (Lipinski definition) is 1. The van der Waals surface area contributed by atoms with E-state index in [0.29, 0.717) is 5.54 Å². The first-order chi connectivity index (χ1) is 8.85. The quantitative estimate of drug-likeness (QED) is 0.814. The lowest BCUT2D eigenvalue weighted by atomic mass is 9.85. The first-order valence-electron chi connectivity index (χ1n) is 7.64. The number of rotatable bonds is 5. The zero-order valence-corrected chi connectivity index (χ0v) is 11.8. The Morgan fingerprint density at radius 1 is 1.11 bits per heavy atom. The van der Waals surface area contributed by atoms with Gasteiger partial charge in [-0.05, 0) is 50.6 Å². The van der Waals surface area contributed by atoms with E-state index in [-0.39, 0.29) is 0 Å². The highest BCUT2D eigenvalue weighted by Crippen LogP contribution is 2.27. The normalized spacial score (nSPS) is 24.7. The molecule has 0 spiro atoms. The average molecular weight is 245 g/mol. The summed E-state index contributed by atoms with van der Waals surface area (Å²) in [7, 11) is 0. The third-order valence-electron chi connectivity index (χ3n) is 4.47. The van der Waals surface area contributed by atoms with Crippen LogP contribution in [0.1, 0.15) is 57.4 Å². The van der Waals surface area contributed by atoms with E-state index in [1.807, 2.05) is 0 Å². The van der Waals surface area contributed by atoms with Crippen LogP contribution in [0.2, 0.25) is 0 Å². The molecule has 0 bridgehead atoms. The van der Waals surface area contributed by atoms with E-state index in [4.69, 9.17) is 0 Å². The van der Waals surface area contributed by atoms with Crippen LogP contribution in [0.15, 0.2) is 30.3 Å². The highest BCUT2D eigenvalue weighted by molar-refractivity contribution is 5.14. The van der Waals surface area contributed by atoms with Crippen molar-refractivity contribution in [2.45, 2.75) is 63.8 Å². The Labute approximate surface area is 112 Å². The van der Waals surface area contributed by atoms with Crippen molar-refractivity contribution in [3.05, 3.63) is 35.9 Å². The summed E-state index contributed by atoms with van der Waals surface area (Å²) in [5.74, 6) is 0. The molecular weight excluding hydrogens is 218 g/mol. The monoisotopic (exact) mass is 245 g/mol. The summed E-state index contributed by atoms with van der Waals surface area (Å²) in [6.45, 7) is 3.57. The summed E-state index contributed by atoms with van der Waals surface area (Å²) < 4.78 is 0. The third-order valence-corrected chi connectivity index (χ3v) is 4.47. The molecule has 1 saturated heterocycles. The SMILES string of the molecule is CCC1(CCCc2ccccc2)CCCCCN1. The molecule has 0 radical (unpaired) electrons. The predicted octanol–water partition coefficient (Wildman–Crippen LogP) is 4.32. The summed E-state index contributed by atoms with van der Waals surface area (Å²) in [5.41, 5.74) is 1.92. The summed E-state index contributed by atoms with van der Waals surface area (Å²) in [6, 6.07) is 10.9. The zero-order valence-electron chi connectivity index (χ0n) is 11.8. The fourth-order valence-electron chi connectivity index (χ4n) is 3.17. The second-order valence-corrected chi connectivity index (χ2v) is 5.71. The third kappa shape index (κ3) is 3.84. The fraction of sp³-hybridized carbons (Fsp3) is 0.647. The Bertz CT molecular complexity index is 323. The Hall–Kier alpha value is -0.820. The van der Waals surface area contributed by atoms with E-state index >= 15 is 0 Å². The molecule has 1 atom stereocenters. The van der Waals surface area contributed by atoms with Crippen LogP contribution in [0.25, 0.3) is 0 Å². The van der Waals surface area contributed by atoms with E-state index in [2.05, 4.69) is 42.6 Å². The molecule has 1 aromatic carbocycles. The molecule has 0 saturated carbocycles. The second-order valence-electron chi connectivity index (χ2n) is 5.71. The first-order valence-corrected chi connectivity index (χ1v) is 7.64. The summed E-state index contributed by atoms with van der Waals surface area (Å²) in [6.07, 6.45) is 10.7. The lowest BCUT2D eigenvalue weighted by molar-refractivity contribution is 0.277. The number of benzene rings is 1. The Kier molecular flexibility index (Phi) is 5.25. The standard InChI is InChI=1S/C17H27N/c1-2-17(13-7-4-8-15-18-17)14-9-12-16-10-5-3-6-11-16/h3,5-6,10-11,18H,2,4,7-9,12-15H2,1H3. The van der Waals surface area contributed by atoms with Gasteiger partial charge in [-0.3, -0.25) is 0 Å². The lowest BCUT2D eigenvalue weighted by Gasteiger charge is -2.33. The van der Waals surface area contributed by atoms with E-state index in [1.165, 1.54) is 63.5 Å². The van der Waals surface area contributed by atoms with Crippen molar-refractivity contribution >= 4 is 0 Å². The van der Waals surface area contributed by atoms with Crippen LogP contribution < -0.4 is 5.32 Å². The molecule has 1 N–H and O–H groups in total. The molecule has 100 valence electrons. The molecule has 1 fully saturated rings. The van der Waals surface area contributed by atoms with Gasteiger partial charge < -0.3 is 5.32 Å². The molecular formula is C17H27N. The molecule has 1 aromatic rings. The summed E-state index contributed by atoms with van der Waals surface area (Å²) in [5, 5.41) is 3.83. The number of hydrogen-bond acceptors (Lipinski definition) is 1. The molecule has 1 unspecified atom stereocenters. The van der Waals surface area contributed by atoms with Crippen LogP contribution >= 0.6 is 0 Å². The van der Waals surface area contributed by atoms with Crippen molar-refractivity contribution in [1.29, 1.82) is 0 Å². The van der Waals surface area contributed by atoms with Gasteiger partial charge in [-0.25, -0.2) is 0 Å². The van der Waals surface area contributed by atoms with Crippen molar-refractivity contribution in [2.24, 2.45) is 0 Å². The molecule has 1 heterocycles. The minimum atomic E-state index is 0.436. The van der Waals surface area contributed by atoms with Gasteiger partial charge in [0, 0.05) is 5.54 Å². The Morgan fingerprint density at radius 3 is 2.72 bits per heavy atom. The largest absolute Gasteiger partial charge is 0.311 e. The smallest absolute Gasteiger partial charge is 0.0179 e. The topological polar surface area (TPSA) is 12.0 Å². The Morgan fingerprint density at radius 2 is 1.94 bits per heavy atom. The zero-order chi connectivity index (χ0) is 12.7. The van der Waals surface area contributed by atoms with Crippen LogP contribution in [0.4, 0.5) is 0 Å². The van der Waals surface area contributed by atoms with Crippen molar-refractivity contribution in [3.63, 3.8) is 0 Å². The summed E-state index contributed by atoms with van der Waals surface area (Å²) in [4.78, 5) is 0. The van der Waals surface area contributed by atoms with Gasteiger partial charge in [-0.1, -0.05) is 50.1 Å². The highest BCUT2D eigenvalue weighted by Gasteiger charge is 2.27. The van der Waals surface area contributed by atoms with Gasteiger partial charge in [0.05, 0.1) is 0 Å². The maximum absolute atomic E-state index is 3.83. The van der Waals surface area contributed by atoms with Crippen LogP contribution in [-0.2, 0) is 6.42 Å². The molecule has 0 amide bonds. The van der Waals surface area contributed by atoms with Crippen LogP contribution in [0, 0.1) is 0 Å². The second kappa shape index (κ2) is 6.94. The molecule has 2 rings (SSSR count). The maximum atomic E-state index is 3.83. The van der Waals surface area contributed by atoms with Crippen LogP contribution in [-0.4, -0.2) is 12.1 Å². The molecule has 1 nitrogen and oxygen atoms in total. The van der Waals surface area contributed by atoms with Gasteiger partial charge in [-0.15, -0.1) is 0 Å².